The zero-order valence-electron chi connectivity index (χ0n) is 16.7. The molecule has 31 heavy (non-hydrogen) atoms. The van der Waals surface area contributed by atoms with Gasteiger partial charge < -0.3 is 5.32 Å². The first kappa shape index (κ1) is 20.8. The van der Waals surface area contributed by atoms with Crippen LogP contribution in [-0.2, 0) is 11.8 Å². The van der Waals surface area contributed by atoms with Gasteiger partial charge in [0.05, 0.1) is 17.9 Å². The molecule has 0 bridgehead atoms. The van der Waals surface area contributed by atoms with Crippen LogP contribution in [0.2, 0.25) is 5.02 Å². The van der Waals surface area contributed by atoms with Crippen LogP contribution in [0.25, 0.3) is 21.3 Å². The molecule has 0 aliphatic carbocycles. The molecule has 10 heteroatoms. The minimum atomic E-state index is -0.802. The Morgan fingerprint density at radius 2 is 2.10 bits per heavy atom. The molecule has 0 fully saturated rings. The van der Waals surface area contributed by atoms with E-state index < -0.39 is 11.9 Å². The summed E-state index contributed by atoms with van der Waals surface area (Å²) in [5.74, 6) is -0.139. The average molecular weight is 453 g/mol. The molecule has 0 spiro atoms. The summed E-state index contributed by atoms with van der Waals surface area (Å²) >= 11 is 7.36. The van der Waals surface area contributed by atoms with Gasteiger partial charge in [0.1, 0.15) is 28.3 Å². The van der Waals surface area contributed by atoms with Crippen molar-refractivity contribution in [3.63, 3.8) is 0 Å². The zero-order chi connectivity index (χ0) is 22.1. The summed E-state index contributed by atoms with van der Waals surface area (Å²) in [6.07, 6.45) is 3.13. The number of hydrogen-bond donors (Lipinski definition) is 1. The Kier molecular flexibility index (Phi) is 5.59. The van der Waals surface area contributed by atoms with Crippen LogP contribution >= 0.6 is 22.9 Å². The lowest BCUT2D eigenvalue weighted by molar-refractivity contribution is -0.119. The van der Waals surface area contributed by atoms with Crippen molar-refractivity contribution in [2.75, 3.05) is 5.32 Å². The summed E-state index contributed by atoms with van der Waals surface area (Å²) in [7, 11) is 1.63. The van der Waals surface area contributed by atoms with Gasteiger partial charge in [0.15, 0.2) is 0 Å². The second kappa shape index (κ2) is 8.34. The number of rotatable bonds is 5. The lowest BCUT2D eigenvalue weighted by Gasteiger charge is -2.18. The van der Waals surface area contributed by atoms with Gasteiger partial charge in [-0.3, -0.25) is 18.8 Å². The Hall–Kier alpha value is -3.48. The maximum atomic E-state index is 13.4. The third-order valence-corrected chi connectivity index (χ3v) is 6.14. The molecule has 0 radical (unpaired) electrons. The monoisotopic (exact) mass is 452 g/mol. The minimum absolute atomic E-state index is 0.245. The van der Waals surface area contributed by atoms with Crippen LogP contribution in [0, 0.1) is 11.3 Å². The molecule has 4 rings (SSSR count). The molecule has 4 aromatic rings. The predicted molar refractivity (Wildman–Crippen MR) is 120 cm³/mol. The van der Waals surface area contributed by atoms with Gasteiger partial charge in [-0.1, -0.05) is 30.7 Å². The molecule has 1 aromatic carbocycles. The highest BCUT2D eigenvalue weighted by molar-refractivity contribution is 7.17. The van der Waals surface area contributed by atoms with E-state index in [-0.39, 0.29) is 16.9 Å². The lowest BCUT2D eigenvalue weighted by Crippen LogP contribution is -2.33. The number of halogens is 1. The summed E-state index contributed by atoms with van der Waals surface area (Å²) < 4.78 is 2.75. The van der Waals surface area contributed by atoms with E-state index in [2.05, 4.69) is 15.4 Å². The van der Waals surface area contributed by atoms with Gasteiger partial charge in [-0.25, -0.2) is 4.98 Å². The van der Waals surface area contributed by atoms with E-state index in [1.165, 1.54) is 33.1 Å². The summed E-state index contributed by atoms with van der Waals surface area (Å²) in [6, 6.07) is 8.40. The average Bonchev–Trinajstić information content (AvgIpc) is 3.35. The Balaban J connectivity index is 1.76. The van der Waals surface area contributed by atoms with Crippen LogP contribution in [0.15, 0.2) is 47.0 Å². The topological polar surface area (TPSA) is 106 Å². The highest BCUT2D eigenvalue weighted by atomic mass is 35.5. The molecule has 0 aliphatic heterocycles. The van der Waals surface area contributed by atoms with E-state index in [9.17, 15) is 14.9 Å². The Morgan fingerprint density at radius 3 is 2.77 bits per heavy atom. The smallest absolute Gasteiger partial charge is 0.263 e. The molecule has 156 valence electrons. The number of thiophene rings is 1. The molecular formula is C21H17ClN6O2S. The van der Waals surface area contributed by atoms with Gasteiger partial charge in [-0.2, -0.15) is 10.4 Å². The van der Waals surface area contributed by atoms with Crippen molar-refractivity contribution in [1.29, 1.82) is 5.26 Å². The Bertz CT molecular complexity index is 1380. The number of benzene rings is 1. The number of aryl methyl sites for hydroxylation is 1. The van der Waals surface area contributed by atoms with Gasteiger partial charge in [0, 0.05) is 23.0 Å². The van der Waals surface area contributed by atoms with E-state index in [1.54, 1.807) is 19.2 Å². The zero-order valence-corrected chi connectivity index (χ0v) is 18.2. The molecule has 1 N–H and O–H groups in total. The van der Waals surface area contributed by atoms with Crippen LogP contribution in [0.4, 0.5) is 5.82 Å². The van der Waals surface area contributed by atoms with Crippen LogP contribution in [0.1, 0.15) is 24.9 Å². The molecule has 1 amide bonds. The van der Waals surface area contributed by atoms with Crippen LogP contribution in [-0.4, -0.2) is 25.2 Å². The molecule has 0 saturated heterocycles. The first-order chi connectivity index (χ1) is 14.9. The number of nitrogens with zero attached hydrogens (tertiary/aromatic N) is 5. The van der Waals surface area contributed by atoms with Gasteiger partial charge in [-0.15, -0.1) is 11.3 Å². The standard InChI is InChI=1S/C21H17ClN6O2S/c1-3-16(19(29)26-18-13(8-23)9-25-27(18)2)28-11-24-20-17(21(28)30)15(10-31-20)12-4-6-14(22)7-5-12/h4-7,9-11,16H,3H2,1-2H3,(H,26,29). The van der Waals surface area contributed by atoms with Crippen LogP contribution in [0.3, 0.4) is 0 Å². The van der Waals surface area contributed by atoms with E-state index in [0.717, 1.165) is 11.1 Å². The lowest BCUT2D eigenvalue weighted by atomic mass is 10.1. The number of anilines is 1. The van der Waals surface area contributed by atoms with E-state index in [1.807, 2.05) is 30.5 Å². The fourth-order valence-corrected chi connectivity index (χ4v) is 4.42. The first-order valence-electron chi connectivity index (χ1n) is 9.41. The maximum absolute atomic E-state index is 13.4. The SMILES string of the molecule is CCC(C(=O)Nc1c(C#N)cnn1C)n1cnc2scc(-c3ccc(Cl)cc3)c2c1=O. The number of carbonyl (C=O) groups is 1. The number of nitriles is 1. The van der Waals surface area contributed by atoms with Crippen molar-refractivity contribution in [1.82, 2.24) is 19.3 Å². The Morgan fingerprint density at radius 1 is 1.35 bits per heavy atom. The van der Waals surface area contributed by atoms with Gasteiger partial charge in [0.2, 0.25) is 5.91 Å². The molecule has 0 aliphatic rings. The molecular weight excluding hydrogens is 436 g/mol. The summed E-state index contributed by atoms with van der Waals surface area (Å²) in [6.45, 7) is 1.81. The van der Waals surface area contributed by atoms with Crippen LogP contribution in [0.5, 0.6) is 0 Å². The fraction of sp³-hybridized carbons (Fsp3) is 0.190. The van der Waals surface area contributed by atoms with E-state index in [0.29, 0.717) is 21.7 Å². The largest absolute Gasteiger partial charge is 0.308 e. The Labute approximate surface area is 186 Å². The normalized spacial score (nSPS) is 11.9. The van der Waals surface area contributed by atoms with Gasteiger partial charge >= 0.3 is 0 Å². The van der Waals surface area contributed by atoms with Crippen molar-refractivity contribution >= 4 is 44.9 Å². The second-order valence-corrected chi connectivity index (χ2v) is 8.14. The number of amides is 1. The molecule has 8 nitrogen and oxygen atoms in total. The summed E-state index contributed by atoms with van der Waals surface area (Å²) in [5, 5.41) is 18.9. The second-order valence-electron chi connectivity index (χ2n) is 6.85. The third kappa shape index (κ3) is 3.71. The first-order valence-corrected chi connectivity index (χ1v) is 10.7. The highest BCUT2D eigenvalue weighted by Crippen LogP contribution is 2.31. The molecule has 0 saturated carbocycles. The summed E-state index contributed by atoms with van der Waals surface area (Å²) in [4.78, 5) is 31.4. The van der Waals surface area contributed by atoms with Crippen molar-refractivity contribution in [3.8, 4) is 17.2 Å². The number of carbonyl (C=O) groups excluding carboxylic acids is 1. The fourth-order valence-electron chi connectivity index (χ4n) is 3.39. The van der Waals surface area contributed by atoms with Gasteiger partial charge in [0.25, 0.3) is 5.56 Å². The third-order valence-electron chi connectivity index (χ3n) is 5.00. The number of hydrogen-bond acceptors (Lipinski definition) is 6. The number of nitrogens with one attached hydrogen (secondary N) is 1. The van der Waals surface area contributed by atoms with Crippen molar-refractivity contribution in [2.45, 2.75) is 19.4 Å². The van der Waals surface area contributed by atoms with Gasteiger partial charge in [-0.05, 0) is 24.1 Å². The van der Waals surface area contributed by atoms with Crippen molar-refractivity contribution in [3.05, 3.63) is 63.1 Å². The van der Waals surface area contributed by atoms with E-state index >= 15 is 0 Å². The highest BCUT2D eigenvalue weighted by Gasteiger charge is 2.24. The van der Waals surface area contributed by atoms with Crippen LogP contribution < -0.4 is 10.9 Å². The van der Waals surface area contributed by atoms with Crippen molar-refractivity contribution < 1.29 is 4.79 Å². The quantitative estimate of drug-likeness (QED) is 0.493. The predicted octanol–water partition coefficient (Wildman–Crippen LogP) is 3.97. The molecule has 1 atom stereocenters. The number of fused-ring (bicyclic) bond motifs is 1. The van der Waals surface area contributed by atoms with E-state index in [4.69, 9.17) is 11.6 Å². The maximum Gasteiger partial charge on any atom is 0.263 e. The molecule has 1 unspecified atom stereocenters. The molecule has 3 aromatic heterocycles. The number of aromatic nitrogens is 4. The summed E-state index contributed by atoms with van der Waals surface area (Å²) in [5.41, 5.74) is 1.54. The molecule has 3 heterocycles. The minimum Gasteiger partial charge on any atom is -0.308 e. The van der Waals surface area contributed by atoms with Crippen molar-refractivity contribution in [2.24, 2.45) is 7.05 Å².